The number of thiocarbonyl (C=S) groups is 1. The van der Waals surface area contributed by atoms with Crippen molar-refractivity contribution in [3.8, 4) is 11.3 Å². The molecule has 2 aromatic rings. The van der Waals surface area contributed by atoms with E-state index >= 15 is 0 Å². The largest absolute Gasteiger partial charge is 0.478 e. The molecular formula is C15H15N3O3S. The molecule has 0 amide bonds. The monoisotopic (exact) mass is 317 g/mol. The van der Waals surface area contributed by atoms with Crippen LogP contribution in [-0.4, -0.2) is 28.9 Å². The highest BCUT2D eigenvalue weighted by Crippen LogP contribution is 2.22. The molecule has 0 saturated heterocycles. The summed E-state index contributed by atoms with van der Waals surface area (Å²) in [6, 6.07) is 10.0. The number of furan rings is 1. The normalized spacial score (nSPS) is 10.6. The highest BCUT2D eigenvalue weighted by molar-refractivity contribution is 7.80. The van der Waals surface area contributed by atoms with E-state index in [1.165, 1.54) is 18.3 Å². The fraction of sp³-hybridized carbons (Fsp3) is 0.133. The van der Waals surface area contributed by atoms with Crippen LogP contribution in [0.25, 0.3) is 11.3 Å². The van der Waals surface area contributed by atoms with Gasteiger partial charge in [0.2, 0.25) is 0 Å². The van der Waals surface area contributed by atoms with Crippen molar-refractivity contribution >= 4 is 29.5 Å². The van der Waals surface area contributed by atoms with Gasteiger partial charge in [-0.2, -0.15) is 5.10 Å². The molecule has 0 atom stereocenters. The summed E-state index contributed by atoms with van der Waals surface area (Å²) < 4.78 is 5.61. The van der Waals surface area contributed by atoms with Crippen LogP contribution in [0.15, 0.2) is 45.9 Å². The first kappa shape index (κ1) is 15.7. The van der Waals surface area contributed by atoms with Gasteiger partial charge < -0.3 is 14.8 Å². The third-order valence-electron chi connectivity index (χ3n) is 2.74. The minimum absolute atomic E-state index is 0.234. The summed E-state index contributed by atoms with van der Waals surface area (Å²) in [4.78, 5) is 10.8. The first-order valence-electron chi connectivity index (χ1n) is 6.60. The number of hydrazone groups is 1. The van der Waals surface area contributed by atoms with Crippen LogP contribution in [0.2, 0.25) is 0 Å². The number of hydrogen-bond donors (Lipinski definition) is 3. The molecule has 6 nitrogen and oxygen atoms in total. The molecule has 0 fully saturated rings. The van der Waals surface area contributed by atoms with Crippen LogP contribution in [0.5, 0.6) is 0 Å². The lowest BCUT2D eigenvalue weighted by atomic mass is 10.1. The summed E-state index contributed by atoms with van der Waals surface area (Å²) >= 11 is 4.97. The predicted molar refractivity (Wildman–Crippen MR) is 88.1 cm³/mol. The summed E-state index contributed by atoms with van der Waals surface area (Å²) in [5.74, 6) is 0.235. The molecule has 0 aliphatic rings. The fourth-order valence-corrected chi connectivity index (χ4v) is 1.91. The van der Waals surface area contributed by atoms with Crippen molar-refractivity contribution in [3.63, 3.8) is 0 Å². The quantitative estimate of drug-likeness (QED) is 0.446. The molecule has 0 spiro atoms. The average Bonchev–Trinajstić information content (AvgIpc) is 2.96. The Bertz CT molecular complexity index is 692. The Kier molecular flexibility index (Phi) is 5.26. The Hall–Kier alpha value is -2.67. The average molecular weight is 317 g/mol. The van der Waals surface area contributed by atoms with E-state index in [2.05, 4.69) is 15.8 Å². The smallest absolute Gasteiger partial charge is 0.335 e. The molecule has 1 heterocycles. The van der Waals surface area contributed by atoms with E-state index in [4.69, 9.17) is 21.7 Å². The Morgan fingerprint density at radius 3 is 2.68 bits per heavy atom. The zero-order valence-electron chi connectivity index (χ0n) is 11.9. The van der Waals surface area contributed by atoms with Gasteiger partial charge in [0.25, 0.3) is 0 Å². The third-order valence-corrected chi connectivity index (χ3v) is 2.97. The van der Waals surface area contributed by atoms with Crippen LogP contribution in [0.4, 0.5) is 0 Å². The van der Waals surface area contributed by atoms with Crippen molar-refractivity contribution in [1.29, 1.82) is 0 Å². The molecule has 0 radical (unpaired) electrons. The number of nitrogens with one attached hydrogen (secondary N) is 2. The van der Waals surface area contributed by atoms with Crippen molar-refractivity contribution < 1.29 is 14.3 Å². The van der Waals surface area contributed by atoms with E-state index in [-0.39, 0.29) is 5.56 Å². The van der Waals surface area contributed by atoms with E-state index in [1.807, 2.05) is 6.92 Å². The van der Waals surface area contributed by atoms with Gasteiger partial charge in [-0.1, -0.05) is 12.1 Å². The van der Waals surface area contributed by atoms with E-state index in [9.17, 15) is 4.79 Å². The molecule has 0 unspecified atom stereocenters. The van der Waals surface area contributed by atoms with Crippen LogP contribution >= 0.6 is 12.2 Å². The molecule has 0 aliphatic carbocycles. The van der Waals surface area contributed by atoms with Crippen molar-refractivity contribution in [1.82, 2.24) is 10.7 Å². The molecular weight excluding hydrogens is 302 g/mol. The van der Waals surface area contributed by atoms with Crippen molar-refractivity contribution in [2.24, 2.45) is 5.10 Å². The highest BCUT2D eigenvalue weighted by Gasteiger charge is 2.06. The van der Waals surface area contributed by atoms with Gasteiger partial charge in [0.1, 0.15) is 11.5 Å². The number of benzene rings is 1. The second kappa shape index (κ2) is 7.37. The molecule has 22 heavy (non-hydrogen) atoms. The maximum absolute atomic E-state index is 10.8. The van der Waals surface area contributed by atoms with Crippen LogP contribution in [-0.2, 0) is 0 Å². The van der Waals surface area contributed by atoms with E-state index in [1.54, 1.807) is 24.3 Å². The van der Waals surface area contributed by atoms with Crippen molar-refractivity contribution in [2.45, 2.75) is 6.92 Å². The highest BCUT2D eigenvalue weighted by atomic mass is 32.1. The lowest BCUT2D eigenvalue weighted by Crippen LogP contribution is -2.31. The second-order valence-corrected chi connectivity index (χ2v) is 4.72. The van der Waals surface area contributed by atoms with Gasteiger partial charge in [-0.05, 0) is 43.4 Å². The van der Waals surface area contributed by atoms with Crippen molar-refractivity contribution in [2.75, 3.05) is 6.54 Å². The number of carboxylic acids is 1. The van der Waals surface area contributed by atoms with Crippen LogP contribution in [0.1, 0.15) is 23.0 Å². The van der Waals surface area contributed by atoms with Gasteiger partial charge in [-0.25, -0.2) is 4.79 Å². The topological polar surface area (TPSA) is 86.9 Å². The van der Waals surface area contributed by atoms with E-state index in [0.29, 0.717) is 16.6 Å². The number of carbonyl (C=O) groups is 1. The van der Waals surface area contributed by atoms with Gasteiger partial charge in [-0.3, -0.25) is 5.43 Å². The minimum Gasteiger partial charge on any atom is -0.478 e. The number of carboxylic acid groups (broad SMARTS) is 1. The van der Waals surface area contributed by atoms with Crippen LogP contribution < -0.4 is 10.7 Å². The first-order chi connectivity index (χ1) is 10.6. The molecule has 0 aliphatic heterocycles. The Morgan fingerprint density at radius 1 is 1.32 bits per heavy atom. The Balaban J connectivity index is 2.03. The zero-order valence-corrected chi connectivity index (χ0v) is 12.7. The van der Waals surface area contributed by atoms with Gasteiger partial charge >= 0.3 is 5.97 Å². The predicted octanol–water partition coefficient (Wildman–Crippen LogP) is 2.46. The van der Waals surface area contributed by atoms with Crippen molar-refractivity contribution in [3.05, 3.63) is 47.7 Å². The maximum Gasteiger partial charge on any atom is 0.335 e. The minimum atomic E-state index is -0.957. The number of aromatic carboxylic acids is 1. The van der Waals surface area contributed by atoms with Crippen LogP contribution in [0.3, 0.4) is 0 Å². The summed E-state index contributed by atoms with van der Waals surface area (Å²) in [7, 11) is 0. The standard InChI is InChI=1S/C15H15N3O3S/c1-2-16-15(22)18-17-9-12-7-8-13(21-12)10-3-5-11(6-4-10)14(19)20/h3-9H,2H2,1H3,(H,19,20)(H2,16,18,22)/b17-9+. The SMILES string of the molecule is CCNC(=S)N/N=C/c1ccc(-c2ccc(C(=O)O)cc2)o1. The summed E-state index contributed by atoms with van der Waals surface area (Å²) in [6.07, 6.45) is 1.51. The van der Waals surface area contributed by atoms with E-state index < -0.39 is 5.97 Å². The summed E-state index contributed by atoms with van der Waals surface area (Å²) in [5.41, 5.74) is 3.69. The Labute approximate surface area is 132 Å². The summed E-state index contributed by atoms with van der Waals surface area (Å²) in [5, 5.41) is 16.2. The first-order valence-corrected chi connectivity index (χ1v) is 7.01. The molecule has 1 aromatic carbocycles. The fourth-order valence-electron chi connectivity index (χ4n) is 1.71. The second-order valence-electron chi connectivity index (χ2n) is 4.31. The van der Waals surface area contributed by atoms with Gasteiger partial charge in [0.15, 0.2) is 5.11 Å². The van der Waals surface area contributed by atoms with Gasteiger partial charge in [0.05, 0.1) is 11.8 Å². The lowest BCUT2D eigenvalue weighted by Gasteiger charge is -2.01. The number of nitrogens with zero attached hydrogens (tertiary/aromatic N) is 1. The number of hydrogen-bond acceptors (Lipinski definition) is 4. The molecule has 0 saturated carbocycles. The summed E-state index contributed by atoms with van der Waals surface area (Å²) in [6.45, 7) is 2.66. The Morgan fingerprint density at radius 2 is 2.05 bits per heavy atom. The molecule has 2 rings (SSSR count). The van der Waals surface area contributed by atoms with Gasteiger partial charge in [-0.15, -0.1) is 0 Å². The van der Waals surface area contributed by atoms with Crippen LogP contribution in [0, 0.1) is 0 Å². The van der Waals surface area contributed by atoms with E-state index in [0.717, 1.165) is 12.1 Å². The molecule has 7 heteroatoms. The van der Waals surface area contributed by atoms with Gasteiger partial charge in [0, 0.05) is 12.1 Å². The lowest BCUT2D eigenvalue weighted by molar-refractivity contribution is 0.0697. The zero-order chi connectivity index (χ0) is 15.9. The maximum atomic E-state index is 10.8. The number of rotatable bonds is 5. The molecule has 0 bridgehead atoms. The third kappa shape index (κ3) is 4.16. The molecule has 114 valence electrons. The molecule has 1 aromatic heterocycles. The molecule has 3 N–H and O–H groups in total.